The summed E-state index contributed by atoms with van der Waals surface area (Å²) in [6.45, 7) is 2.47. The fraction of sp³-hybridized carbons (Fsp3) is 0.240. The van der Waals surface area contributed by atoms with Gasteiger partial charge in [-0.25, -0.2) is 0 Å². The van der Waals surface area contributed by atoms with E-state index in [2.05, 4.69) is 29.6 Å². The Bertz CT molecular complexity index is 1020. The Morgan fingerprint density at radius 3 is 2.09 bits per heavy atom. The van der Waals surface area contributed by atoms with Crippen molar-refractivity contribution in [2.24, 2.45) is 0 Å². The number of carbonyl (C=O) groups excluding carboxylic acids is 1. The molecule has 0 atom stereocenters. The van der Waals surface area contributed by atoms with Gasteiger partial charge in [0.2, 0.25) is 0 Å². The molecule has 7 nitrogen and oxygen atoms in total. The summed E-state index contributed by atoms with van der Waals surface area (Å²) < 4.78 is 10.7. The van der Waals surface area contributed by atoms with Gasteiger partial charge >= 0.3 is 0 Å². The molecule has 0 fully saturated rings. The van der Waals surface area contributed by atoms with Crippen LogP contribution in [0.3, 0.4) is 0 Å². The Balaban J connectivity index is 1.79. The maximum Gasteiger partial charge on any atom is 0.286 e. The van der Waals surface area contributed by atoms with Crippen LogP contribution in [-0.2, 0) is 0 Å². The molecule has 3 aromatic carbocycles. The van der Waals surface area contributed by atoms with Crippen LogP contribution in [0.25, 0.3) is 0 Å². The lowest BCUT2D eigenvalue weighted by molar-refractivity contribution is -0.385. The van der Waals surface area contributed by atoms with Crippen LogP contribution in [0, 0.1) is 10.1 Å². The van der Waals surface area contributed by atoms with Crippen molar-refractivity contribution in [3.8, 4) is 11.5 Å². The highest BCUT2D eigenvalue weighted by Gasteiger charge is 2.25. The number of nitro benzene ring substituents is 1. The van der Waals surface area contributed by atoms with Crippen LogP contribution in [0.2, 0.25) is 0 Å². The van der Waals surface area contributed by atoms with Crippen molar-refractivity contribution in [1.82, 2.24) is 5.32 Å². The van der Waals surface area contributed by atoms with Crippen molar-refractivity contribution in [3.05, 3.63) is 99.6 Å². The Hall–Kier alpha value is -3.87. The number of methoxy groups -OCH3 is 1. The summed E-state index contributed by atoms with van der Waals surface area (Å²) in [5.74, 6) is 0.0586. The van der Waals surface area contributed by atoms with E-state index in [0.717, 1.165) is 11.1 Å². The predicted molar refractivity (Wildman–Crippen MR) is 122 cm³/mol. The molecule has 32 heavy (non-hydrogen) atoms. The minimum atomic E-state index is -0.593. The van der Waals surface area contributed by atoms with Gasteiger partial charge in [-0.15, -0.1) is 0 Å². The van der Waals surface area contributed by atoms with Gasteiger partial charge < -0.3 is 14.8 Å². The van der Waals surface area contributed by atoms with Gasteiger partial charge in [0.1, 0.15) is 5.56 Å². The Morgan fingerprint density at radius 2 is 1.59 bits per heavy atom. The number of nitrogens with one attached hydrogen (secondary N) is 1. The zero-order valence-corrected chi connectivity index (χ0v) is 18.1. The third-order valence-electron chi connectivity index (χ3n) is 5.15. The van der Waals surface area contributed by atoms with Crippen LogP contribution in [0.15, 0.2) is 72.8 Å². The van der Waals surface area contributed by atoms with Gasteiger partial charge in [-0.05, 0) is 24.5 Å². The zero-order chi connectivity index (χ0) is 22.9. The summed E-state index contributed by atoms with van der Waals surface area (Å²) in [4.78, 5) is 23.8. The van der Waals surface area contributed by atoms with E-state index in [-0.39, 0.29) is 28.7 Å². The van der Waals surface area contributed by atoms with Gasteiger partial charge in [0.05, 0.1) is 24.7 Å². The van der Waals surface area contributed by atoms with Crippen molar-refractivity contribution < 1.29 is 19.2 Å². The van der Waals surface area contributed by atoms with E-state index in [1.54, 1.807) is 6.92 Å². The molecule has 0 saturated heterocycles. The lowest BCUT2D eigenvalue weighted by Gasteiger charge is -2.18. The van der Waals surface area contributed by atoms with Crippen molar-refractivity contribution in [1.29, 1.82) is 0 Å². The third-order valence-corrected chi connectivity index (χ3v) is 5.15. The molecule has 1 N–H and O–H groups in total. The predicted octanol–water partition coefficient (Wildman–Crippen LogP) is 4.95. The molecule has 166 valence electrons. The van der Waals surface area contributed by atoms with Crippen LogP contribution < -0.4 is 14.8 Å². The Kier molecular flexibility index (Phi) is 7.80. The van der Waals surface area contributed by atoms with Gasteiger partial charge in [-0.1, -0.05) is 60.7 Å². The van der Waals surface area contributed by atoms with E-state index in [1.165, 1.54) is 19.2 Å². The maximum absolute atomic E-state index is 12.9. The van der Waals surface area contributed by atoms with Crippen molar-refractivity contribution in [2.75, 3.05) is 20.3 Å². The molecule has 0 radical (unpaired) electrons. The van der Waals surface area contributed by atoms with Gasteiger partial charge in [-0.3, -0.25) is 14.9 Å². The molecule has 0 aliphatic heterocycles. The van der Waals surface area contributed by atoms with Crippen molar-refractivity contribution in [2.45, 2.75) is 19.3 Å². The quantitative estimate of drug-likeness (QED) is 0.360. The number of hydrogen-bond donors (Lipinski definition) is 1. The molecule has 0 aliphatic carbocycles. The number of rotatable bonds is 10. The highest BCUT2D eigenvalue weighted by atomic mass is 16.6. The molecule has 0 spiro atoms. The molecule has 0 aliphatic rings. The normalized spacial score (nSPS) is 10.6. The molecule has 7 heteroatoms. The minimum Gasteiger partial charge on any atom is -0.493 e. The smallest absolute Gasteiger partial charge is 0.286 e. The van der Waals surface area contributed by atoms with Crippen molar-refractivity contribution >= 4 is 11.6 Å². The summed E-state index contributed by atoms with van der Waals surface area (Å²) in [5, 5.41) is 14.4. The molecule has 0 heterocycles. The standard InChI is InChI=1S/C25H26N2O5/c1-3-32-24-16-21(22(27(29)30)17-23(24)31-2)25(28)26-15-14-20(18-10-6-4-7-11-18)19-12-8-5-9-13-19/h4-13,16-17,20H,3,14-15H2,1-2H3,(H,26,28). The first kappa shape index (κ1) is 22.8. The van der Waals surface area contributed by atoms with E-state index in [1.807, 2.05) is 36.4 Å². The molecule has 3 aromatic rings. The maximum atomic E-state index is 12.9. The van der Waals surface area contributed by atoms with Crippen LogP contribution in [0.5, 0.6) is 11.5 Å². The van der Waals surface area contributed by atoms with E-state index in [9.17, 15) is 14.9 Å². The van der Waals surface area contributed by atoms with Crippen molar-refractivity contribution in [3.63, 3.8) is 0 Å². The lowest BCUT2D eigenvalue weighted by Crippen LogP contribution is -2.26. The molecule has 0 unspecified atom stereocenters. The monoisotopic (exact) mass is 434 g/mol. The zero-order valence-electron chi connectivity index (χ0n) is 18.1. The van der Waals surface area contributed by atoms with Gasteiger partial charge in [0.15, 0.2) is 11.5 Å². The van der Waals surface area contributed by atoms with Crippen LogP contribution >= 0.6 is 0 Å². The first-order valence-corrected chi connectivity index (χ1v) is 10.4. The summed E-state index contributed by atoms with van der Waals surface area (Å²) in [6.07, 6.45) is 0.641. The molecular formula is C25H26N2O5. The van der Waals surface area contributed by atoms with E-state index < -0.39 is 10.8 Å². The fourth-order valence-electron chi connectivity index (χ4n) is 3.63. The van der Waals surface area contributed by atoms with E-state index in [4.69, 9.17) is 9.47 Å². The summed E-state index contributed by atoms with van der Waals surface area (Å²) in [7, 11) is 1.40. The summed E-state index contributed by atoms with van der Waals surface area (Å²) >= 11 is 0. The number of carbonyl (C=O) groups is 1. The third kappa shape index (κ3) is 5.43. The Labute approximate surface area is 187 Å². The Morgan fingerprint density at radius 1 is 1.00 bits per heavy atom. The molecule has 1 amide bonds. The minimum absolute atomic E-state index is 0.0600. The molecule has 0 aromatic heterocycles. The molecule has 0 saturated carbocycles. The second kappa shape index (κ2) is 10.9. The highest BCUT2D eigenvalue weighted by molar-refractivity contribution is 5.99. The highest BCUT2D eigenvalue weighted by Crippen LogP contribution is 2.35. The number of benzene rings is 3. The van der Waals surface area contributed by atoms with Crippen LogP contribution in [-0.4, -0.2) is 31.1 Å². The van der Waals surface area contributed by atoms with Gasteiger partial charge in [0, 0.05) is 18.5 Å². The number of hydrogen-bond acceptors (Lipinski definition) is 5. The van der Waals surface area contributed by atoms with Crippen LogP contribution in [0.4, 0.5) is 5.69 Å². The number of nitro groups is 1. The first-order chi connectivity index (χ1) is 15.5. The SMILES string of the molecule is CCOc1cc(C(=O)NCCC(c2ccccc2)c2ccccc2)c([N+](=O)[O-])cc1OC. The van der Waals surface area contributed by atoms with Gasteiger partial charge in [0.25, 0.3) is 11.6 Å². The average molecular weight is 434 g/mol. The lowest BCUT2D eigenvalue weighted by atomic mass is 9.88. The topological polar surface area (TPSA) is 90.7 Å². The molecule has 3 rings (SSSR count). The second-order valence-electron chi connectivity index (χ2n) is 7.13. The number of ether oxygens (including phenoxy) is 2. The number of amides is 1. The summed E-state index contributed by atoms with van der Waals surface area (Å²) in [6, 6.07) is 22.7. The second-order valence-corrected chi connectivity index (χ2v) is 7.13. The van der Waals surface area contributed by atoms with Gasteiger partial charge in [-0.2, -0.15) is 0 Å². The fourth-order valence-corrected chi connectivity index (χ4v) is 3.63. The number of nitrogens with zero attached hydrogens (tertiary/aromatic N) is 1. The first-order valence-electron chi connectivity index (χ1n) is 10.4. The van der Waals surface area contributed by atoms with E-state index >= 15 is 0 Å². The summed E-state index contributed by atoms with van der Waals surface area (Å²) in [5.41, 5.74) is 1.89. The van der Waals surface area contributed by atoms with Crippen LogP contribution in [0.1, 0.15) is 40.7 Å². The molecular weight excluding hydrogens is 408 g/mol. The van der Waals surface area contributed by atoms with E-state index in [0.29, 0.717) is 19.6 Å². The average Bonchev–Trinajstić information content (AvgIpc) is 2.82. The largest absolute Gasteiger partial charge is 0.493 e. The molecule has 0 bridgehead atoms.